The second-order valence-electron chi connectivity index (χ2n) is 8.64. The molecular weight excluding hydrogens is 493 g/mol. The van der Waals surface area contributed by atoms with Crippen LogP contribution in [0.3, 0.4) is 0 Å². The van der Waals surface area contributed by atoms with Gasteiger partial charge in [-0.15, -0.1) is 15.3 Å². The Labute approximate surface area is 214 Å². The third kappa shape index (κ3) is 3.99. The normalized spacial score (nSPS) is 13.7. The number of Topliss-reactive ketones (excluding diaryl/α,β-unsaturated/α-hetero) is 1. The Morgan fingerprint density at radius 2 is 1.84 bits per heavy atom. The van der Waals surface area contributed by atoms with Gasteiger partial charge in [-0.1, -0.05) is 35.5 Å². The smallest absolute Gasteiger partial charge is 0.295 e. The topological polar surface area (TPSA) is 146 Å². The van der Waals surface area contributed by atoms with Crippen molar-refractivity contribution >= 4 is 28.3 Å². The first-order valence-corrected chi connectivity index (χ1v) is 11.7. The number of H-pyrrole nitrogens is 1. The number of hydrogen-bond donors (Lipinski definition) is 2. The average molecular weight is 513 g/mol. The van der Waals surface area contributed by atoms with E-state index in [9.17, 15) is 19.1 Å². The minimum absolute atomic E-state index is 0.0340. The van der Waals surface area contributed by atoms with E-state index in [2.05, 4.69) is 30.5 Å². The van der Waals surface area contributed by atoms with Gasteiger partial charge in [0, 0.05) is 44.0 Å². The Morgan fingerprint density at radius 1 is 1.05 bits per heavy atom. The molecule has 1 amide bonds. The number of anilines is 1. The maximum absolute atomic E-state index is 14.8. The van der Waals surface area contributed by atoms with Crippen LogP contribution in [0.15, 0.2) is 61.2 Å². The fourth-order valence-electron chi connectivity index (χ4n) is 4.59. The number of rotatable bonds is 5. The lowest BCUT2D eigenvalue weighted by Crippen LogP contribution is -2.50. The van der Waals surface area contributed by atoms with E-state index in [1.165, 1.54) is 34.2 Å². The van der Waals surface area contributed by atoms with Crippen LogP contribution in [0.25, 0.3) is 28.0 Å². The Bertz CT molecular complexity index is 1650. The molecule has 1 aliphatic rings. The third-order valence-corrected chi connectivity index (χ3v) is 6.44. The monoisotopic (exact) mass is 513 g/mol. The summed E-state index contributed by atoms with van der Waals surface area (Å²) >= 11 is 0. The molecule has 0 spiro atoms. The Balaban J connectivity index is 1.22. The second-order valence-corrected chi connectivity index (χ2v) is 8.64. The largest absolute Gasteiger partial charge is 0.492 e. The van der Waals surface area contributed by atoms with Gasteiger partial charge in [0.15, 0.2) is 11.6 Å². The van der Waals surface area contributed by atoms with Gasteiger partial charge in [-0.25, -0.2) is 14.1 Å². The molecule has 0 saturated carbocycles. The number of hydrogen-bond acceptors (Lipinski definition) is 9. The lowest BCUT2D eigenvalue weighted by Gasteiger charge is -2.36. The zero-order valence-corrected chi connectivity index (χ0v) is 19.8. The molecule has 0 atom stereocenters. The molecule has 190 valence electrons. The van der Waals surface area contributed by atoms with Crippen molar-refractivity contribution in [1.29, 1.82) is 0 Å². The van der Waals surface area contributed by atoms with Crippen molar-refractivity contribution in [2.45, 2.75) is 0 Å². The molecule has 2 N–H and O–H groups in total. The van der Waals surface area contributed by atoms with Gasteiger partial charge in [0.2, 0.25) is 5.88 Å². The fourth-order valence-corrected chi connectivity index (χ4v) is 4.59. The Hall–Kier alpha value is -5.20. The number of carbonyl (C=O) groups excluding carboxylic acids is 2. The van der Waals surface area contributed by atoms with Crippen LogP contribution in [0.2, 0.25) is 0 Å². The van der Waals surface area contributed by atoms with Crippen molar-refractivity contribution in [2.75, 3.05) is 31.1 Å². The fraction of sp³-hybridized carbons (Fsp3) is 0.160. The predicted molar refractivity (Wildman–Crippen MR) is 133 cm³/mol. The second kappa shape index (κ2) is 9.35. The van der Waals surface area contributed by atoms with E-state index in [-0.39, 0.29) is 41.3 Å². The van der Waals surface area contributed by atoms with Crippen molar-refractivity contribution in [1.82, 2.24) is 40.1 Å². The molecule has 13 heteroatoms. The standard InChI is InChI=1S/C25H20FN9O3/c26-17-14-28-24(35-7-6-29-32-35)22-20(17)16(13-27-22)23(37)25(38)34-10-8-33(9-11-34)18-12-19(36)30-31-21(18)15-4-2-1-3-5-15/h1-7,12-14,27H,8-11H2,(H,30,36). The van der Waals surface area contributed by atoms with Gasteiger partial charge in [0.05, 0.1) is 40.7 Å². The minimum Gasteiger partial charge on any atom is -0.492 e. The molecule has 5 aromatic rings. The highest BCUT2D eigenvalue weighted by Gasteiger charge is 2.31. The molecule has 0 radical (unpaired) electrons. The van der Waals surface area contributed by atoms with Gasteiger partial charge in [-0.05, 0) is 0 Å². The molecule has 0 unspecified atom stereocenters. The number of carbonyl (C=O) groups is 2. The number of pyridine rings is 1. The molecule has 0 bridgehead atoms. The molecule has 4 aromatic heterocycles. The zero-order chi connectivity index (χ0) is 26.2. The molecule has 1 saturated heterocycles. The summed E-state index contributed by atoms with van der Waals surface area (Å²) in [4.78, 5) is 36.7. The summed E-state index contributed by atoms with van der Waals surface area (Å²) in [6.07, 6.45) is 5.27. The Kier molecular flexibility index (Phi) is 5.71. The van der Waals surface area contributed by atoms with Crippen LogP contribution in [-0.2, 0) is 4.79 Å². The van der Waals surface area contributed by atoms with Crippen LogP contribution < -0.4 is 4.90 Å². The highest BCUT2D eigenvalue weighted by Crippen LogP contribution is 2.31. The number of halogens is 1. The summed E-state index contributed by atoms with van der Waals surface area (Å²) in [6.45, 7) is 1.29. The van der Waals surface area contributed by atoms with Gasteiger partial charge in [-0.2, -0.15) is 0 Å². The van der Waals surface area contributed by atoms with Crippen LogP contribution in [0.1, 0.15) is 10.4 Å². The molecular formula is C25H20FN9O3. The number of aromatic nitrogens is 7. The number of fused-ring (bicyclic) bond motifs is 1. The molecule has 5 heterocycles. The SMILES string of the molecule is O=C(C(=O)N1CCN(c2cc(O)nnc2-c2ccccc2)CC1)c1c[nH]c2c(-n3ccnn3)ncc(F)c12. The summed E-state index contributed by atoms with van der Waals surface area (Å²) in [5, 5.41) is 25.5. The van der Waals surface area contributed by atoms with Crippen LogP contribution in [0.4, 0.5) is 10.1 Å². The van der Waals surface area contributed by atoms with Crippen LogP contribution in [0.5, 0.6) is 5.88 Å². The van der Waals surface area contributed by atoms with Gasteiger partial charge in [0.25, 0.3) is 11.7 Å². The quantitative estimate of drug-likeness (QED) is 0.266. The first-order valence-electron chi connectivity index (χ1n) is 11.7. The number of amides is 1. The summed E-state index contributed by atoms with van der Waals surface area (Å²) in [6, 6.07) is 11.0. The van der Waals surface area contributed by atoms with Gasteiger partial charge in [-0.3, -0.25) is 9.59 Å². The molecule has 1 aromatic carbocycles. The van der Waals surface area contributed by atoms with Crippen LogP contribution >= 0.6 is 0 Å². The van der Waals surface area contributed by atoms with Gasteiger partial charge >= 0.3 is 0 Å². The maximum atomic E-state index is 14.8. The number of ketones is 1. The number of benzene rings is 1. The first kappa shape index (κ1) is 23.2. The average Bonchev–Trinajstić information content (AvgIpc) is 3.65. The zero-order valence-electron chi connectivity index (χ0n) is 19.8. The third-order valence-electron chi connectivity index (χ3n) is 6.44. The first-order chi connectivity index (χ1) is 18.5. The molecule has 6 rings (SSSR count). The number of aromatic amines is 1. The highest BCUT2D eigenvalue weighted by molar-refractivity contribution is 6.45. The molecule has 38 heavy (non-hydrogen) atoms. The maximum Gasteiger partial charge on any atom is 0.295 e. The van der Waals surface area contributed by atoms with E-state index in [0.717, 1.165) is 11.8 Å². The molecule has 1 fully saturated rings. The summed E-state index contributed by atoms with van der Waals surface area (Å²) < 4.78 is 16.1. The van der Waals surface area contributed by atoms with E-state index in [1.807, 2.05) is 35.2 Å². The highest BCUT2D eigenvalue weighted by atomic mass is 19.1. The summed E-state index contributed by atoms with van der Waals surface area (Å²) in [5.41, 5.74) is 2.27. The lowest BCUT2D eigenvalue weighted by molar-refractivity contribution is -0.126. The summed E-state index contributed by atoms with van der Waals surface area (Å²) in [5.74, 6) is -2.25. The molecule has 1 aliphatic heterocycles. The van der Waals surface area contributed by atoms with E-state index in [0.29, 0.717) is 24.5 Å². The van der Waals surface area contributed by atoms with E-state index in [1.54, 1.807) is 0 Å². The van der Waals surface area contributed by atoms with Gasteiger partial charge < -0.3 is 19.9 Å². The van der Waals surface area contributed by atoms with Crippen molar-refractivity contribution in [3.63, 3.8) is 0 Å². The van der Waals surface area contributed by atoms with E-state index >= 15 is 0 Å². The lowest BCUT2D eigenvalue weighted by atomic mass is 10.1. The van der Waals surface area contributed by atoms with Crippen molar-refractivity contribution < 1.29 is 19.1 Å². The van der Waals surface area contributed by atoms with Crippen molar-refractivity contribution in [3.8, 4) is 23.0 Å². The number of piperazine rings is 1. The van der Waals surface area contributed by atoms with Crippen molar-refractivity contribution in [3.05, 3.63) is 72.6 Å². The molecule has 12 nitrogen and oxygen atoms in total. The van der Waals surface area contributed by atoms with Crippen molar-refractivity contribution in [2.24, 2.45) is 0 Å². The van der Waals surface area contributed by atoms with E-state index < -0.39 is 17.5 Å². The number of nitrogens with one attached hydrogen (secondary N) is 1. The molecule has 0 aliphatic carbocycles. The van der Waals surface area contributed by atoms with E-state index in [4.69, 9.17) is 0 Å². The predicted octanol–water partition coefficient (Wildman–Crippen LogP) is 1.98. The number of nitrogens with zero attached hydrogens (tertiary/aromatic N) is 8. The summed E-state index contributed by atoms with van der Waals surface area (Å²) in [7, 11) is 0. The minimum atomic E-state index is -0.826. The number of aromatic hydroxyl groups is 1. The van der Waals surface area contributed by atoms with Crippen LogP contribution in [0, 0.1) is 5.82 Å². The van der Waals surface area contributed by atoms with Gasteiger partial charge in [0.1, 0.15) is 5.69 Å². The van der Waals surface area contributed by atoms with Crippen LogP contribution in [-0.4, -0.2) is 83.0 Å². The Morgan fingerprint density at radius 3 is 2.58 bits per heavy atom.